The molecular weight excluding hydrogens is 558 g/mol. The van der Waals surface area contributed by atoms with Crippen LogP contribution in [0.3, 0.4) is 0 Å². The molecule has 41 heavy (non-hydrogen) atoms. The topological polar surface area (TPSA) is 86.8 Å². The van der Waals surface area contributed by atoms with Gasteiger partial charge in [0.15, 0.2) is 0 Å². The molecule has 2 amide bonds. The van der Waals surface area contributed by atoms with E-state index in [1.165, 1.54) is 4.31 Å². The Balaban J connectivity index is 1.59. The quantitative estimate of drug-likeness (QED) is 0.279. The number of benzene rings is 3. The Morgan fingerprint density at radius 2 is 1.54 bits per heavy atom. The summed E-state index contributed by atoms with van der Waals surface area (Å²) in [5.41, 5.74) is 2.24. The number of nitrogens with zero attached hydrogens (tertiary/aromatic N) is 2. The highest BCUT2D eigenvalue weighted by Crippen LogP contribution is 2.24. The lowest BCUT2D eigenvalue weighted by atomic mass is 10.0. The molecule has 1 saturated carbocycles. The third-order valence-corrected chi connectivity index (χ3v) is 9.03. The van der Waals surface area contributed by atoms with E-state index >= 15 is 0 Å². The van der Waals surface area contributed by atoms with E-state index in [0.717, 1.165) is 43.1 Å². The summed E-state index contributed by atoms with van der Waals surface area (Å²) >= 11 is 6.51. The summed E-state index contributed by atoms with van der Waals surface area (Å²) < 4.78 is 26.4. The Hall–Kier alpha value is -3.36. The van der Waals surface area contributed by atoms with E-state index in [0.29, 0.717) is 23.6 Å². The maximum Gasteiger partial charge on any atom is 0.243 e. The number of carbonyl (C=O) groups is 2. The van der Waals surface area contributed by atoms with Crippen LogP contribution in [0.25, 0.3) is 0 Å². The minimum Gasteiger partial charge on any atom is -0.352 e. The largest absolute Gasteiger partial charge is 0.352 e. The summed E-state index contributed by atoms with van der Waals surface area (Å²) in [4.78, 5) is 29.3. The van der Waals surface area contributed by atoms with Crippen molar-refractivity contribution in [3.8, 4) is 0 Å². The van der Waals surface area contributed by atoms with Crippen molar-refractivity contribution in [3.05, 3.63) is 101 Å². The van der Waals surface area contributed by atoms with Gasteiger partial charge >= 0.3 is 0 Å². The highest BCUT2D eigenvalue weighted by molar-refractivity contribution is 7.92. The minimum absolute atomic E-state index is 0.0747. The molecular formula is C32H38ClN3O4S. The smallest absolute Gasteiger partial charge is 0.243 e. The molecule has 7 nitrogen and oxygen atoms in total. The molecule has 0 aromatic heterocycles. The van der Waals surface area contributed by atoms with Crippen LogP contribution in [-0.4, -0.2) is 50.0 Å². The molecule has 3 aromatic rings. The predicted molar refractivity (Wildman–Crippen MR) is 164 cm³/mol. The summed E-state index contributed by atoms with van der Waals surface area (Å²) in [6.45, 7) is 0.314. The van der Waals surface area contributed by atoms with Gasteiger partial charge in [0.25, 0.3) is 0 Å². The first-order valence-corrected chi connectivity index (χ1v) is 16.3. The predicted octanol–water partition coefficient (Wildman–Crippen LogP) is 5.59. The van der Waals surface area contributed by atoms with Crippen LogP contribution in [-0.2, 0) is 32.6 Å². The number of halogens is 1. The molecule has 1 atom stereocenters. The molecule has 1 aliphatic carbocycles. The summed E-state index contributed by atoms with van der Waals surface area (Å²) in [6, 6.07) is 25.2. The van der Waals surface area contributed by atoms with Gasteiger partial charge in [0.05, 0.1) is 11.9 Å². The van der Waals surface area contributed by atoms with Gasteiger partial charge in [0.2, 0.25) is 21.8 Å². The summed E-state index contributed by atoms with van der Waals surface area (Å²) in [5.74, 6) is -0.405. The number of anilines is 1. The third kappa shape index (κ3) is 8.81. The Morgan fingerprint density at radius 1 is 0.927 bits per heavy atom. The molecule has 0 spiro atoms. The van der Waals surface area contributed by atoms with Crippen LogP contribution in [0.5, 0.6) is 0 Å². The molecule has 0 saturated heterocycles. The second-order valence-electron chi connectivity index (χ2n) is 10.6. The summed E-state index contributed by atoms with van der Waals surface area (Å²) in [6.07, 6.45) is 5.91. The molecule has 1 N–H and O–H groups in total. The van der Waals surface area contributed by atoms with Crippen molar-refractivity contribution in [1.29, 1.82) is 0 Å². The second-order valence-corrected chi connectivity index (χ2v) is 12.9. The molecule has 0 aliphatic heterocycles. The molecule has 0 radical (unpaired) electrons. The zero-order valence-electron chi connectivity index (χ0n) is 23.4. The minimum atomic E-state index is -3.55. The SMILES string of the molecule is CS(=O)(=O)N(CCCC(=O)N(Cc1ccccc1Cl)[C@@H](Cc1ccccc1)C(=O)NC1CCCC1)c1ccccc1. The van der Waals surface area contributed by atoms with Crippen LogP contribution in [0.1, 0.15) is 49.7 Å². The molecule has 1 aliphatic rings. The number of nitrogens with one attached hydrogen (secondary N) is 1. The Bertz CT molecular complexity index is 1400. The van der Waals surface area contributed by atoms with Crippen molar-refractivity contribution in [2.24, 2.45) is 0 Å². The number of hydrogen-bond acceptors (Lipinski definition) is 4. The van der Waals surface area contributed by atoms with Gasteiger partial charge < -0.3 is 10.2 Å². The van der Waals surface area contributed by atoms with E-state index in [4.69, 9.17) is 11.6 Å². The molecule has 9 heteroatoms. The monoisotopic (exact) mass is 595 g/mol. The molecule has 4 rings (SSSR count). The lowest BCUT2D eigenvalue weighted by molar-refractivity contribution is -0.141. The van der Waals surface area contributed by atoms with Gasteiger partial charge in [-0.15, -0.1) is 0 Å². The van der Waals surface area contributed by atoms with E-state index in [-0.39, 0.29) is 37.4 Å². The average molecular weight is 596 g/mol. The van der Waals surface area contributed by atoms with Crippen molar-refractivity contribution in [2.45, 2.75) is 63.6 Å². The van der Waals surface area contributed by atoms with Gasteiger partial charge in [-0.2, -0.15) is 0 Å². The molecule has 0 bridgehead atoms. The number of rotatable bonds is 13. The summed E-state index contributed by atoms with van der Waals surface area (Å²) in [5, 5.41) is 3.72. The van der Waals surface area contributed by atoms with Crippen molar-refractivity contribution in [2.75, 3.05) is 17.1 Å². The first kappa shape index (κ1) is 30.6. The second kappa shape index (κ2) is 14.5. The number of amides is 2. The van der Waals surface area contributed by atoms with Crippen molar-refractivity contribution >= 4 is 39.1 Å². The van der Waals surface area contributed by atoms with E-state index in [9.17, 15) is 18.0 Å². The molecule has 218 valence electrons. The van der Waals surface area contributed by atoms with Gasteiger partial charge in [-0.25, -0.2) is 8.42 Å². The fraction of sp³-hybridized carbons (Fsp3) is 0.375. The molecule has 1 fully saturated rings. The van der Waals surface area contributed by atoms with E-state index in [1.807, 2.05) is 54.6 Å². The van der Waals surface area contributed by atoms with Crippen LogP contribution >= 0.6 is 11.6 Å². The van der Waals surface area contributed by atoms with Crippen LogP contribution in [0, 0.1) is 0 Å². The number of sulfonamides is 1. The zero-order valence-corrected chi connectivity index (χ0v) is 25.0. The van der Waals surface area contributed by atoms with E-state index < -0.39 is 16.1 Å². The molecule has 0 unspecified atom stereocenters. The molecule has 3 aromatic carbocycles. The van der Waals surface area contributed by atoms with Crippen LogP contribution in [0.2, 0.25) is 5.02 Å². The Labute approximate surface area is 248 Å². The van der Waals surface area contributed by atoms with Gasteiger partial charge in [0, 0.05) is 37.0 Å². The Kier molecular flexibility index (Phi) is 10.8. The van der Waals surface area contributed by atoms with Crippen molar-refractivity contribution in [3.63, 3.8) is 0 Å². The normalized spacial score (nSPS) is 14.4. The van der Waals surface area contributed by atoms with Gasteiger partial charge in [-0.05, 0) is 48.6 Å². The van der Waals surface area contributed by atoms with Crippen molar-refractivity contribution < 1.29 is 18.0 Å². The van der Waals surface area contributed by atoms with E-state index in [2.05, 4.69) is 5.32 Å². The van der Waals surface area contributed by atoms with Gasteiger partial charge in [0.1, 0.15) is 6.04 Å². The lowest BCUT2D eigenvalue weighted by Crippen LogP contribution is -2.52. The van der Waals surface area contributed by atoms with Crippen molar-refractivity contribution in [1.82, 2.24) is 10.2 Å². The fourth-order valence-electron chi connectivity index (χ4n) is 5.33. The fourth-order valence-corrected chi connectivity index (χ4v) is 6.49. The van der Waals surface area contributed by atoms with Crippen LogP contribution < -0.4 is 9.62 Å². The first-order chi connectivity index (χ1) is 19.7. The van der Waals surface area contributed by atoms with E-state index in [1.54, 1.807) is 35.2 Å². The van der Waals surface area contributed by atoms with Crippen LogP contribution in [0.4, 0.5) is 5.69 Å². The molecule has 0 heterocycles. The van der Waals surface area contributed by atoms with Crippen LogP contribution in [0.15, 0.2) is 84.9 Å². The summed E-state index contributed by atoms with van der Waals surface area (Å²) in [7, 11) is -3.55. The maximum absolute atomic E-state index is 13.9. The number of para-hydroxylation sites is 1. The number of hydrogen-bond donors (Lipinski definition) is 1. The zero-order chi connectivity index (χ0) is 29.2. The Morgan fingerprint density at radius 3 is 2.17 bits per heavy atom. The maximum atomic E-state index is 13.9. The average Bonchev–Trinajstić information content (AvgIpc) is 3.47. The van der Waals surface area contributed by atoms with Gasteiger partial charge in [-0.1, -0.05) is 91.2 Å². The standard InChI is InChI=1S/C32H38ClN3O4S/c1-41(39,40)36(28-18-6-3-7-19-28)22-12-21-31(37)35(24-26-15-8-11-20-29(26)33)30(23-25-13-4-2-5-14-25)32(38)34-27-16-9-10-17-27/h2-8,11,13-15,18-20,27,30H,9-10,12,16-17,21-24H2,1H3,(H,34,38)/t30-/m0/s1. The lowest BCUT2D eigenvalue weighted by Gasteiger charge is -2.33. The van der Waals surface area contributed by atoms with Gasteiger partial charge in [-0.3, -0.25) is 13.9 Å². The first-order valence-electron chi connectivity index (χ1n) is 14.1. The third-order valence-electron chi connectivity index (χ3n) is 7.47. The highest BCUT2D eigenvalue weighted by atomic mass is 35.5. The highest BCUT2D eigenvalue weighted by Gasteiger charge is 2.32. The number of carbonyl (C=O) groups excluding carboxylic acids is 2.